The first-order valence-electron chi connectivity index (χ1n) is 4.22. The molecular formula is C12H17N3. The highest BCUT2D eigenvalue weighted by molar-refractivity contribution is 5.17. The monoisotopic (exact) mass is 203 g/mol. The SMILES string of the molecule is C.C=Cn1cccc1.C=Cn1ccnc1. The van der Waals surface area contributed by atoms with Gasteiger partial charge < -0.3 is 9.13 Å². The van der Waals surface area contributed by atoms with Crippen molar-refractivity contribution >= 4 is 12.4 Å². The van der Waals surface area contributed by atoms with Gasteiger partial charge in [-0.15, -0.1) is 0 Å². The molecular weight excluding hydrogens is 186 g/mol. The van der Waals surface area contributed by atoms with Crippen LogP contribution in [0.5, 0.6) is 0 Å². The third kappa shape index (κ3) is 4.67. The number of aromatic nitrogens is 3. The lowest BCUT2D eigenvalue weighted by molar-refractivity contribution is 1.14. The Bertz CT molecular complexity index is 319. The summed E-state index contributed by atoms with van der Waals surface area (Å²) in [5, 5.41) is 0. The van der Waals surface area contributed by atoms with Crippen LogP contribution in [-0.2, 0) is 0 Å². The van der Waals surface area contributed by atoms with E-state index in [1.807, 2.05) is 35.3 Å². The van der Waals surface area contributed by atoms with Gasteiger partial charge in [-0.3, -0.25) is 0 Å². The van der Waals surface area contributed by atoms with E-state index in [9.17, 15) is 0 Å². The molecule has 0 aliphatic heterocycles. The number of hydrogen-bond donors (Lipinski definition) is 0. The van der Waals surface area contributed by atoms with Crippen LogP contribution >= 0.6 is 0 Å². The predicted molar refractivity (Wildman–Crippen MR) is 66.2 cm³/mol. The van der Waals surface area contributed by atoms with E-state index in [1.165, 1.54) is 0 Å². The zero-order chi connectivity index (χ0) is 10.2. The molecule has 0 fully saturated rings. The Morgan fingerprint density at radius 2 is 1.53 bits per heavy atom. The lowest BCUT2D eigenvalue weighted by Crippen LogP contribution is -1.73. The topological polar surface area (TPSA) is 22.8 Å². The molecule has 15 heavy (non-hydrogen) atoms. The van der Waals surface area contributed by atoms with E-state index in [0.29, 0.717) is 0 Å². The number of nitrogens with zero attached hydrogens (tertiary/aromatic N) is 3. The zero-order valence-electron chi connectivity index (χ0n) is 7.95. The maximum atomic E-state index is 3.78. The van der Waals surface area contributed by atoms with E-state index in [1.54, 1.807) is 29.5 Å². The lowest BCUT2D eigenvalue weighted by Gasteiger charge is -1.82. The smallest absolute Gasteiger partial charge is 0.0986 e. The molecule has 0 radical (unpaired) electrons. The molecule has 3 nitrogen and oxygen atoms in total. The Hall–Kier alpha value is -2.03. The molecule has 0 aromatic carbocycles. The van der Waals surface area contributed by atoms with E-state index in [-0.39, 0.29) is 7.43 Å². The van der Waals surface area contributed by atoms with E-state index in [4.69, 9.17) is 0 Å². The summed E-state index contributed by atoms with van der Waals surface area (Å²) in [5.41, 5.74) is 0. The standard InChI is InChI=1S/C6H7N.C5H6N2.CH4/c1-2-7-5-3-4-6-7;1-2-7-4-3-6-5-7;/h2-6H,1H2;2-5H,1H2;1H4. The summed E-state index contributed by atoms with van der Waals surface area (Å²) in [5.74, 6) is 0. The summed E-state index contributed by atoms with van der Waals surface area (Å²) in [6.07, 6.45) is 12.5. The van der Waals surface area contributed by atoms with E-state index in [0.717, 1.165) is 0 Å². The lowest BCUT2D eigenvalue weighted by atomic mass is 10.7. The summed E-state index contributed by atoms with van der Waals surface area (Å²) in [4.78, 5) is 3.78. The largest absolute Gasteiger partial charge is 0.331 e. The second-order valence-corrected chi connectivity index (χ2v) is 2.51. The average molecular weight is 203 g/mol. The van der Waals surface area contributed by atoms with Crippen LogP contribution in [0, 0.1) is 0 Å². The van der Waals surface area contributed by atoms with Gasteiger partial charge in [0.2, 0.25) is 0 Å². The van der Waals surface area contributed by atoms with Crippen LogP contribution in [0.3, 0.4) is 0 Å². The van der Waals surface area contributed by atoms with Gasteiger partial charge in [-0.2, -0.15) is 0 Å². The van der Waals surface area contributed by atoms with Crippen molar-refractivity contribution in [2.24, 2.45) is 0 Å². The first-order valence-corrected chi connectivity index (χ1v) is 4.22. The first kappa shape index (κ1) is 13.0. The van der Waals surface area contributed by atoms with E-state index < -0.39 is 0 Å². The molecule has 2 aromatic rings. The molecule has 0 unspecified atom stereocenters. The van der Waals surface area contributed by atoms with Crippen LogP contribution in [-0.4, -0.2) is 14.1 Å². The summed E-state index contributed by atoms with van der Waals surface area (Å²) in [7, 11) is 0. The van der Waals surface area contributed by atoms with Crippen molar-refractivity contribution in [2.45, 2.75) is 7.43 Å². The maximum absolute atomic E-state index is 3.78. The molecule has 0 saturated carbocycles. The van der Waals surface area contributed by atoms with Gasteiger partial charge in [0.25, 0.3) is 0 Å². The van der Waals surface area contributed by atoms with Crippen molar-refractivity contribution in [1.82, 2.24) is 14.1 Å². The van der Waals surface area contributed by atoms with Gasteiger partial charge in [-0.25, -0.2) is 4.98 Å². The number of rotatable bonds is 2. The molecule has 0 saturated heterocycles. The van der Waals surface area contributed by atoms with E-state index >= 15 is 0 Å². The Morgan fingerprint density at radius 1 is 0.933 bits per heavy atom. The summed E-state index contributed by atoms with van der Waals surface area (Å²) in [6.45, 7) is 7.09. The Balaban J connectivity index is 0.000000245. The molecule has 80 valence electrons. The van der Waals surface area contributed by atoms with Crippen LogP contribution in [0.4, 0.5) is 0 Å². The summed E-state index contributed by atoms with van der Waals surface area (Å²) < 4.78 is 3.67. The third-order valence-corrected chi connectivity index (χ3v) is 1.57. The van der Waals surface area contributed by atoms with Crippen LogP contribution < -0.4 is 0 Å². The molecule has 2 heterocycles. The van der Waals surface area contributed by atoms with Gasteiger partial charge in [-0.05, 0) is 12.1 Å². The molecule has 0 N–H and O–H groups in total. The van der Waals surface area contributed by atoms with Gasteiger partial charge >= 0.3 is 0 Å². The van der Waals surface area contributed by atoms with Crippen molar-refractivity contribution in [3.63, 3.8) is 0 Å². The molecule has 0 bridgehead atoms. The Labute approximate surface area is 91.0 Å². The van der Waals surface area contributed by atoms with Gasteiger partial charge in [0, 0.05) is 37.2 Å². The quantitative estimate of drug-likeness (QED) is 0.735. The van der Waals surface area contributed by atoms with Gasteiger partial charge in [0.05, 0.1) is 6.33 Å². The van der Waals surface area contributed by atoms with Crippen LogP contribution in [0.25, 0.3) is 12.4 Å². The van der Waals surface area contributed by atoms with Crippen LogP contribution in [0.1, 0.15) is 7.43 Å². The van der Waals surface area contributed by atoms with Crippen molar-refractivity contribution in [3.05, 3.63) is 56.4 Å². The minimum atomic E-state index is 0. The Kier molecular flexibility index (Phi) is 6.38. The summed E-state index contributed by atoms with van der Waals surface area (Å²) in [6, 6.07) is 3.92. The van der Waals surface area contributed by atoms with Crippen LogP contribution in [0.15, 0.2) is 56.4 Å². The second kappa shape index (κ2) is 7.38. The highest BCUT2D eigenvalue weighted by Crippen LogP contribution is 1.86. The highest BCUT2D eigenvalue weighted by Gasteiger charge is 1.73. The number of imidazole rings is 1. The van der Waals surface area contributed by atoms with Crippen molar-refractivity contribution in [3.8, 4) is 0 Å². The van der Waals surface area contributed by atoms with E-state index in [2.05, 4.69) is 18.1 Å². The van der Waals surface area contributed by atoms with Crippen LogP contribution in [0.2, 0.25) is 0 Å². The molecule has 0 aliphatic rings. The average Bonchev–Trinajstić information content (AvgIpc) is 2.92. The van der Waals surface area contributed by atoms with Crippen molar-refractivity contribution in [2.75, 3.05) is 0 Å². The molecule has 2 aromatic heterocycles. The fourth-order valence-corrected chi connectivity index (χ4v) is 0.847. The molecule has 0 atom stereocenters. The minimum absolute atomic E-state index is 0. The molecule has 2 rings (SSSR count). The Morgan fingerprint density at radius 3 is 1.80 bits per heavy atom. The minimum Gasteiger partial charge on any atom is -0.331 e. The molecule has 0 amide bonds. The normalized spacial score (nSPS) is 8.00. The number of hydrogen-bond acceptors (Lipinski definition) is 1. The first-order chi connectivity index (χ1) is 6.86. The molecule has 0 spiro atoms. The predicted octanol–water partition coefficient (Wildman–Crippen LogP) is 3.21. The van der Waals surface area contributed by atoms with Gasteiger partial charge in [0.1, 0.15) is 0 Å². The second-order valence-electron chi connectivity index (χ2n) is 2.51. The molecule has 3 heteroatoms. The fraction of sp³-hybridized carbons (Fsp3) is 0.0833. The highest BCUT2D eigenvalue weighted by atomic mass is 15.0. The maximum Gasteiger partial charge on any atom is 0.0986 e. The molecule has 0 aliphatic carbocycles. The van der Waals surface area contributed by atoms with Gasteiger partial charge in [-0.1, -0.05) is 20.6 Å². The van der Waals surface area contributed by atoms with Gasteiger partial charge in [0.15, 0.2) is 0 Å². The third-order valence-electron chi connectivity index (χ3n) is 1.57. The zero-order valence-corrected chi connectivity index (χ0v) is 7.95. The van der Waals surface area contributed by atoms with Crippen molar-refractivity contribution < 1.29 is 0 Å². The van der Waals surface area contributed by atoms with Crippen molar-refractivity contribution in [1.29, 1.82) is 0 Å². The summed E-state index contributed by atoms with van der Waals surface area (Å²) >= 11 is 0. The fourth-order valence-electron chi connectivity index (χ4n) is 0.847.